The molecule has 0 bridgehead atoms. The van der Waals surface area contributed by atoms with Gasteiger partial charge < -0.3 is 14.4 Å². The van der Waals surface area contributed by atoms with Crippen LogP contribution in [0.3, 0.4) is 0 Å². The first-order valence-electron chi connectivity index (χ1n) is 11.7. The lowest BCUT2D eigenvalue weighted by atomic mass is 9.79. The molecule has 2 aliphatic heterocycles. The Bertz CT molecular complexity index is 1090. The Labute approximate surface area is 196 Å². The molecular formula is C28H33NO4. The topological polar surface area (TPSA) is 55.8 Å². The van der Waals surface area contributed by atoms with Crippen LogP contribution in [-0.2, 0) is 20.7 Å². The van der Waals surface area contributed by atoms with Crippen LogP contribution in [0, 0.1) is 12.8 Å². The van der Waals surface area contributed by atoms with Gasteiger partial charge in [0, 0.05) is 18.7 Å². The molecule has 0 radical (unpaired) electrons. The molecule has 0 saturated carbocycles. The van der Waals surface area contributed by atoms with Crippen molar-refractivity contribution in [1.82, 2.24) is 4.90 Å². The summed E-state index contributed by atoms with van der Waals surface area (Å²) in [6.07, 6.45) is 2.84. The summed E-state index contributed by atoms with van der Waals surface area (Å²) in [6.45, 7) is 11.8. The van der Waals surface area contributed by atoms with Crippen molar-refractivity contribution in [3.8, 4) is 11.5 Å². The van der Waals surface area contributed by atoms with Crippen LogP contribution in [0.2, 0.25) is 0 Å². The number of esters is 1. The standard InChI is InChI=1S/C28H33NO4/c1-17(2)23-13-19-14-26(32-20-10-8-7-9-11-20)18(3)12-21(19)24-15-25(30)22(16-29(23)24)27(31)33-28(4,5)6/h7-12,14,16-17,23-24H,13,15H2,1-6H3. The van der Waals surface area contributed by atoms with Crippen LogP contribution in [0.25, 0.3) is 0 Å². The van der Waals surface area contributed by atoms with Gasteiger partial charge in [0.15, 0.2) is 5.78 Å². The number of Topliss-reactive ketones (excluding diaryl/α,β-unsaturated/α-hetero) is 1. The fourth-order valence-corrected chi connectivity index (χ4v) is 4.67. The van der Waals surface area contributed by atoms with Crippen molar-refractivity contribution in [2.24, 2.45) is 5.92 Å². The number of rotatable bonds is 4. The minimum absolute atomic E-state index is 0.0932. The Balaban J connectivity index is 1.71. The number of hydrogen-bond acceptors (Lipinski definition) is 5. The van der Waals surface area contributed by atoms with E-state index in [0.29, 0.717) is 5.92 Å². The highest BCUT2D eigenvalue weighted by Gasteiger charge is 2.41. The van der Waals surface area contributed by atoms with Crippen molar-refractivity contribution in [3.05, 3.63) is 70.9 Å². The summed E-state index contributed by atoms with van der Waals surface area (Å²) in [6, 6.07) is 14.1. The zero-order valence-electron chi connectivity index (χ0n) is 20.3. The summed E-state index contributed by atoms with van der Waals surface area (Å²) in [5.41, 5.74) is 2.87. The first kappa shape index (κ1) is 23.1. The zero-order valence-corrected chi connectivity index (χ0v) is 20.3. The van der Waals surface area contributed by atoms with Crippen LogP contribution in [0.4, 0.5) is 0 Å². The Morgan fingerprint density at radius 3 is 2.42 bits per heavy atom. The molecule has 0 aliphatic carbocycles. The molecule has 2 unspecified atom stereocenters. The van der Waals surface area contributed by atoms with Crippen molar-refractivity contribution in [2.45, 2.75) is 72.1 Å². The van der Waals surface area contributed by atoms with Crippen LogP contribution in [-0.4, -0.2) is 28.3 Å². The van der Waals surface area contributed by atoms with Gasteiger partial charge in [0.2, 0.25) is 0 Å². The van der Waals surface area contributed by atoms with Gasteiger partial charge in [0.1, 0.15) is 22.7 Å². The smallest absolute Gasteiger partial charge is 0.343 e. The Morgan fingerprint density at radius 2 is 1.79 bits per heavy atom. The maximum atomic E-state index is 13.0. The fourth-order valence-electron chi connectivity index (χ4n) is 4.67. The maximum absolute atomic E-state index is 13.0. The highest BCUT2D eigenvalue weighted by Crippen LogP contribution is 2.44. The minimum Gasteiger partial charge on any atom is -0.457 e. The van der Waals surface area contributed by atoms with E-state index >= 15 is 0 Å². The molecule has 2 aromatic carbocycles. The predicted octanol–water partition coefficient (Wildman–Crippen LogP) is 5.91. The minimum atomic E-state index is -0.646. The number of fused-ring (bicyclic) bond motifs is 3. The Kier molecular flexibility index (Phi) is 6.08. The zero-order chi connectivity index (χ0) is 23.9. The number of ketones is 1. The summed E-state index contributed by atoms with van der Waals surface area (Å²) in [5, 5.41) is 0. The summed E-state index contributed by atoms with van der Waals surface area (Å²) in [4.78, 5) is 28.0. The summed E-state index contributed by atoms with van der Waals surface area (Å²) < 4.78 is 11.7. The van der Waals surface area contributed by atoms with Gasteiger partial charge in [-0.15, -0.1) is 0 Å². The second-order valence-corrected chi connectivity index (χ2v) is 10.4. The lowest BCUT2D eigenvalue weighted by Gasteiger charge is -2.47. The number of nitrogens with zero attached hydrogens (tertiary/aromatic N) is 1. The van der Waals surface area contributed by atoms with Crippen molar-refractivity contribution >= 4 is 11.8 Å². The van der Waals surface area contributed by atoms with Crippen molar-refractivity contribution in [1.29, 1.82) is 0 Å². The fraction of sp³-hybridized carbons (Fsp3) is 0.429. The largest absolute Gasteiger partial charge is 0.457 e. The average Bonchev–Trinajstić information content (AvgIpc) is 2.73. The average molecular weight is 448 g/mol. The number of aryl methyl sites for hydroxylation is 1. The van der Waals surface area contributed by atoms with Crippen molar-refractivity contribution < 1.29 is 19.1 Å². The molecular weight excluding hydrogens is 414 g/mol. The third kappa shape index (κ3) is 4.82. The molecule has 0 saturated heterocycles. The molecule has 4 rings (SSSR count). The van der Waals surface area contributed by atoms with Crippen molar-refractivity contribution in [3.63, 3.8) is 0 Å². The SMILES string of the molecule is Cc1cc2c(cc1Oc1ccccc1)CC(C(C)C)N1C=C(C(=O)OC(C)(C)C)C(=O)CC21. The summed E-state index contributed by atoms with van der Waals surface area (Å²) in [5.74, 6) is 1.27. The molecule has 0 spiro atoms. The van der Waals surface area contributed by atoms with E-state index in [-0.39, 0.29) is 29.9 Å². The molecule has 2 aliphatic rings. The third-order valence-corrected chi connectivity index (χ3v) is 6.28. The van der Waals surface area contributed by atoms with Gasteiger partial charge in [0.25, 0.3) is 0 Å². The normalized spacial score (nSPS) is 20.2. The third-order valence-electron chi connectivity index (χ3n) is 6.28. The summed E-state index contributed by atoms with van der Waals surface area (Å²) in [7, 11) is 0. The highest BCUT2D eigenvalue weighted by molar-refractivity contribution is 6.18. The maximum Gasteiger partial charge on any atom is 0.343 e. The van der Waals surface area contributed by atoms with Gasteiger partial charge in [-0.25, -0.2) is 4.79 Å². The molecule has 0 N–H and O–H groups in total. The van der Waals surface area contributed by atoms with Gasteiger partial charge >= 0.3 is 5.97 Å². The number of para-hydroxylation sites is 1. The monoisotopic (exact) mass is 447 g/mol. The predicted molar refractivity (Wildman–Crippen MR) is 128 cm³/mol. The second kappa shape index (κ2) is 8.69. The van der Waals surface area contributed by atoms with E-state index in [4.69, 9.17) is 9.47 Å². The van der Waals surface area contributed by atoms with Gasteiger partial charge in [-0.05, 0) is 74.9 Å². The molecule has 2 atom stereocenters. The van der Waals surface area contributed by atoms with Crippen LogP contribution in [0.1, 0.15) is 63.8 Å². The molecule has 2 aromatic rings. The lowest BCUT2D eigenvalue weighted by molar-refractivity contribution is -0.151. The first-order valence-corrected chi connectivity index (χ1v) is 11.7. The van der Waals surface area contributed by atoms with E-state index in [9.17, 15) is 9.59 Å². The van der Waals surface area contributed by atoms with Gasteiger partial charge in [-0.2, -0.15) is 0 Å². The number of ether oxygens (including phenoxy) is 2. The van der Waals surface area contributed by atoms with Gasteiger partial charge in [-0.3, -0.25) is 4.79 Å². The van der Waals surface area contributed by atoms with Crippen LogP contribution < -0.4 is 4.74 Å². The molecule has 5 heteroatoms. The number of carbonyl (C=O) groups excluding carboxylic acids is 2. The molecule has 2 heterocycles. The van der Waals surface area contributed by atoms with E-state index in [1.165, 1.54) is 5.56 Å². The van der Waals surface area contributed by atoms with Crippen LogP contribution >= 0.6 is 0 Å². The first-order chi connectivity index (χ1) is 15.5. The van der Waals surface area contributed by atoms with Crippen LogP contribution in [0.15, 0.2) is 54.2 Å². The quantitative estimate of drug-likeness (QED) is 0.431. The van der Waals surface area contributed by atoms with E-state index in [1.54, 1.807) is 6.20 Å². The van der Waals surface area contributed by atoms with E-state index in [1.807, 2.05) is 58.0 Å². The summed E-state index contributed by atoms with van der Waals surface area (Å²) >= 11 is 0. The molecule has 5 nitrogen and oxygen atoms in total. The van der Waals surface area contributed by atoms with E-state index < -0.39 is 11.6 Å². The van der Waals surface area contributed by atoms with Crippen molar-refractivity contribution in [2.75, 3.05) is 0 Å². The van der Waals surface area contributed by atoms with Crippen LogP contribution in [0.5, 0.6) is 11.5 Å². The number of hydrogen-bond donors (Lipinski definition) is 0. The molecule has 0 fully saturated rings. The van der Waals surface area contributed by atoms with Gasteiger partial charge in [-0.1, -0.05) is 38.1 Å². The molecule has 174 valence electrons. The highest BCUT2D eigenvalue weighted by atomic mass is 16.6. The lowest BCUT2D eigenvalue weighted by Crippen LogP contribution is -2.47. The Hall–Kier alpha value is -3.08. The van der Waals surface area contributed by atoms with Gasteiger partial charge in [0.05, 0.1) is 6.04 Å². The molecule has 0 amide bonds. The number of benzene rings is 2. The van der Waals surface area contributed by atoms with E-state index in [0.717, 1.165) is 29.0 Å². The molecule has 0 aromatic heterocycles. The number of carbonyl (C=O) groups is 2. The van der Waals surface area contributed by atoms with E-state index in [2.05, 4.69) is 30.9 Å². The second-order valence-electron chi connectivity index (χ2n) is 10.4. The Morgan fingerprint density at radius 1 is 1.09 bits per heavy atom. The molecule has 33 heavy (non-hydrogen) atoms.